The van der Waals surface area contributed by atoms with Gasteiger partial charge in [0.05, 0.1) is 10.3 Å². The van der Waals surface area contributed by atoms with Gasteiger partial charge < -0.3 is 5.73 Å². The highest BCUT2D eigenvalue weighted by Gasteiger charge is 2.40. The van der Waals surface area contributed by atoms with Crippen LogP contribution in [0.15, 0.2) is 24.3 Å². The van der Waals surface area contributed by atoms with Crippen LogP contribution in [0.1, 0.15) is 37.7 Å². The first-order chi connectivity index (χ1) is 8.56. The van der Waals surface area contributed by atoms with Gasteiger partial charge in [-0.1, -0.05) is 31.4 Å². The largest absolute Gasteiger partial charge is 0.369 e. The van der Waals surface area contributed by atoms with Crippen molar-refractivity contribution in [3.8, 4) is 0 Å². The number of nitro groups is 1. The van der Waals surface area contributed by atoms with E-state index in [4.69, 9.17) is 5.73 Å². The number of nitro benzene ring substituents is 1. The predicted octanol–water partition coefficient (Wildman–Crippen LogP) is 2.28. The van der Waals surface area contributed by atoms with Gasteiger partial charge >= 0.3 is 0 Å². The summed E-state index contributed by atoms with van der Waals surface area (Å²) < 4.78 is 0. The lowest BCUT2D eigenvalue weighted by Gasteiger charge is -2.34. The summed E-state index contributed by atoms with van der Waals surface area (Å²) in [5.74, 6) is -0.373. The van der Waals surface area contributed by atoms with Gasteiger partial charge in [-0.05, 0) is 18.4 Å². The van der Waals surface area contributed by atoms with Crippen molar-refractivity contribution in [1.29, 1.82) is 0 Å². The van der Waals surface area contributed by atoms with Crippen LogP contribution in [-0.2, 0) is 10.2 Å². The Labute approximate surface area is 105 Å². The molecule has 0 radical (unpaired) electrons. The van der Waals surface area contributed by atoms with E-state index in [0.29, 0.717) is 18.4 Å². The Morgan fingerprint density at radius 2 is 1.94 bits per heavy atom. The second-order valence-corrected chi connectivity index (χ2v) is 4.81. The predicted molar refractivity (Wildman–Crippen MR) is 67.1 cm³/mol. The number of amides is 1. The van der Waals surface area contributed by atoms with Crippen LogP contribution in [0.5, 0.6) is 0 Å². The van der Waals surface area contributed by atoms with Crippen molar-refractivity contribution in [2.24, 2.45) is 5.73 Å². The molecule has 0 aromatic heterocycles. The smallest absolute Gasteiger partial charge is 0.269 e. The number of hydrogen-bond donors (Lipinski definition) is 1. The first-order valence-corrected chi connectivity index (χ1v) is 6.11. The van der Waals surface area contributed by atoms with Gasteiger partial charge in [0.15, 0.2) is 0 Å². The first-order valence-electron chi connectivity index (χ1n) is 6.11. The molecule has 5 nitrogen and oxygen atoms in total. The summed E-state index contributed by atoms with van der Waals surface area (Å²) >= 11 is 0. The van der Waals surface area contributed by atoms with Crippen LogP contribution in [0.25, 0.3) is 0 Å². The van der Waals surface area contributed by atoms with Crippen molar-refractivity contribution in [2.45, 2.75) is 37.5 Å². The van der Waals surface area contributed by atoms with Gasteiger partial charge in [-0.3, -0.25) is 14.9 Å². The number of primary amides is 1. The second-order valence-electron chi connectivity index (χ2n) is 4.81. The molecule has 0 aliphatic heterocycles. The van der Waals surface area contributed by atoms with E-state index < -0.39 is 10.3 Å². The molecule has 1 fully saturated rings. The van der Waals surface area contributed by atoms with E-state index in [2.05, 4.69) is 0 Å². The molecular weight excluding hydrogens is 232 g/mol. The standard InChI is InChI=1S/C13H16N2O3/c14-12(16)13(7-2-1-3-8-13)10-5-4-6-11(9-10)15(17)18/h4-6,9H,1-3,7-8H2,(H2,14,16). The van der Waals surface area contributed by atoms with Gasteiger partial charge in [0.25, 0.3) is 5.69 Å². The Hall–Kier alpha value is -1.91. The zero-order valence-corrected chi connectivity index (χ0v) is 10.1. The molecule has 1 aliphatic rings. The van der Waals surface area contributed by atoms with Crippen molar-refractivity contribution in [3.63, 3.8) is 0 Å². The molecule has 1 aromatic carbocycles. The van der Waals surface area contributed by atoms with Gasteiger partial charge in [0.2, 0.25) is 5.91 Å². The lowest BCUT2D eigenvalue weighted by Crippen LogP contribution is -2.42. The van der Waals surface area contributed by atoms with Crippen LogP contribution < -0.4 is 5.73 Å². The summed E-state index contributed by atoms with van der Waals surface area (Å²) in [5, 5.41) is 10.8. The molecule has 1 aliphatic carbocycles. The Morgan fingerprint density at radius 1 is 1.28 bits per heavy atom. The summed E-state index contributed by atoms with van der Waals surface area (Å²) in [6.07, 6.45) is 4.33. The minimum absolute atomic E-state index is 0.0127. The lowest BCUT2D eigenvalue weighted by molar-refractivity contribution is -0.385. The number of nitrogens with zero attached hydrogens (tertiary/aromatic N) is 1. The Balaban J connectivity index is 2.45. The third kappa shape index (κ3) is 2.08. The maximum Gasteiger partial charge on any atom is 0.269 e. The van der Waals surface area contributed by atoms with E-state index in [9.17, 15) is 14.9 Å². The van der Waals surface area contributed by atoms with E-state index in [1.807, 2.05) is 0 Å². The number of carbonyl (C=O) groups excluding carboxylic acids is 1. The number of non-ortho nitro benzene ring substituents is 1. The highest BCUT2D eigenvalue weighted by molar-refractivity contribution is 5.87. The van der Waals surface area contributed by atoms with Crippen molar-refractivity contribution in [1.82, 2.24) is 0 Å². The minimum atomic E-state index is -0.718. The van der Waals surface area contributed by atoms with Crippen LogP contribution in [0.2, 0.25) is 0 Å². The van der Waals surface area contributed by atoms with E-state index in [1.165, 1.54) is 12.1 Å². The Bertz CT molecular complexity index is 479. The number of hydrogen-bond acceptors (Lipinski definition) is 3. The molecule has 0 bridgehead atoms. The first kappa shape index (κ1) is 12.5. The summed E-state index contributed by atoms with van der Waals surface area (Å²) in [6, 6.07) is 6.30. The third-order valence-corrected chi connectivity index (χ3v) is 3.79. The average Bonchev–Trinajstić information content (AvgIpc) is 2.39. The van der Waals surface area contributed by atoms with Gasteiger partial charge in [-0.2, -0.15) is 0 Å². The van der Waals surface area contributed by atoms with Gasteiger partial charge in [0, 0.05) is 12.1 Å². The number of rotatable bonds is 3. The average molecular weight is 248 g/mol. The molecule has 0 spiro atoms. The Kier molecular flexibility index (Phi) is 3.32. The van der Waals surface area contributed by atoms with Crippen molar-refractivity contribution in [2.75, 3.05) is 0 Å². The van der Waals surface area contributed by atoms with Crippen molar-refractivity contribution in [3.05, 3.63) is 39.9 Å². The van der Waals surface area contributed by atoms with Gasteiger partial charge in [-0.15, -0.1) is 0 Å². The molecule has 96 valence electrons. The molecule has 1 aromatic rings. The summed E-state index contributed by atoms with van der Waals surface area (Å²) in [7, 11) is 0. The fourth-order valence-corrected chi connectivity index (χ4v) is 2.75. The fourth-order valence-electron chi connectivity index (χ4n) is 2.75. The summed E-state index contributed by atoms with van der Waals surface area (Å²) in [4.78, 5) is 22.2. The maximum absolute atomic E-state index is 11.8. The number of nitrogens with two attached hydrogens (primary N) is 1. The topological polar surface area (TPSA) is 86.2 Å². The van der Waals surface area contributed by atoms with E-state index in [0.717, 1.165) is 19.3 Å². The monoisotopic (exact) mass is 248 g/mol. The molecule has 5 heteroatoms. The lowest BCUT2D eigenvalue weighted by atomic mass is 9.69. The van der Waals surface area contributed by atoms with Crippen molar-refractivity contribution >= 4 is 11.6 Å². The summed E-state index contributed by atoms with van der Waals surface area (Å²) in [6.45, 7) is 0. The molecule has 1 amide bonds. The Morgan fingerprint density at radius 3 is 2.50 bits per heavy atom. The maximum atomic E-state index is 11.8. The molecular formula is C13H16N2O3. The molecule has 18 heavy (non-hydrogen) atoms. The van der Waals surface area contributed by atoms with E-state index in [1.54, 1.807) is 12.1 Å². The second kappa shape index (κ2) is 4.76. The molecule has 2 rings (SSSR count). The number of benzene rings is 1. The molecule has 0 saturated heterocycles. The highest BCUT2D eigenvalue weighted by Crippen LogP contribution is 2.40. The molecule has 0 unspecified atom stereocenters. The normalized spacial score (nSPS) is 18.2. The summed E-state index contributed by atoms with van der Waals surface area (Å²) in [5.41, 5.74) is 5.53. The van der Waals surface area contributed by atoms with Crippen LogP contribution in [0, 0.1) is 10.1 Å². The van der Waals surface area contributed by atoms with Crippen LogP contribution >= 0.6 is 0 Å². The molecule has 0 atom stereocenters. The molecule has 2 N–H and O–H groups in total. The van der Waals surface area contributed by atoms with E-state index >= 15 is 0 Å². The zero-order valence-electron chi connectivity index (χ0n) is 10.1. The quantitative estimate of drug-likeness (QED) is 0.657. The highest BCUT2D eigenvalue weighted by atomic mass is 16.6. The minimum Gasteiger partial charge on any atom is -0.369 e. The molecule has 0 heterocycles. The van der Waals surface area contributed by atoms with Crippen molar-refractivity contribution < 1.29 is 9.72 Å². The SMILES string of the molecule is NC(=O)C1(c2cccc([N+](=O)[O-])c2)CCCCC1. The zero-order chi connectivity index (χ0) is 13.2. The van der Waals surface area contributed by atoms with Crippen LogP contribution in [0.4, 0.5) is 5.69 Å². The van der Waals surface area contributed by atoms with Crippen LogP contribution in [-0.4, -0.2) is 10.8 Å². The molecule has 1 saturated carbocycles. The number of carbonyl (C=O) groups is 1. The third-order valence-electron chi connectivity index (χ3n) is 3.79. The van der Waals surface area contributed by atoms with Crippen LogP contribution in [0.3, 0.4) is 0 Å². The van der Waals surface area contributed by atoms with Gasteiger partial charge in [0.1, 0.15) is 0 Å². The van der Waals surface area contributed by atoms with Gasteiger partial charge in [-0.25, -0.2) is 0 Å². The fraction of sp³-hybridized carbons (Fsp3) is 0.462. The van der Waals surface area contributed by atoms with E-state index in [-0.39, 0.29) is 11.6 Å².